The lowest BCUT2D eigenvalue weighted by atomic mass is 10.1. The van der Waals surface area contributed by atoms with Crippen molar-refractivity contribution in [3.05, 3.63) is 0 Å². The molecule has 0 rings (SSSR count). The van der Waals surface area contributed by atoms with Crippen molar-refractivity contribution in [1.82, 2.24) is 5.32 Å². The van der Waals surface area contributed by atoms with E-state index in [-0.39, 0.29) is 0 Å². The third kappa shape index (κ3) is 10.6. The molecular weight excluding hydrogens is 218 g/mol. The van der Waals surface area contributed by atoms with E-state index in [0.29, 0.717) is 6.04 Å². The Hall–Kier alpha value is 0.110. The van der Waals surface area contributed by atoms with Gasteiger partial charge in [-0.25, -0.2) is 0 Å². The van der Waals surface area contributed by atoms with Crippen LogP contribution in [0.5, 0.6) is 0 Å². The van der Waals surface area contributed by atoms with Crippen LogP contribution in [0.3, 0.4) is 0 Å². The van der Waals surface area contributed by atoms with Crippen LogP contribution in [0.4, 0.5) is 0 Å². The molecule has 2 unspecified atom stereocenters. The zero-order valence-corrected chi connectivity index (χ0v) is 12.1. The second-order valence-electron chi connectivity index (χ2n) is 4.51. The molecule has 0 radical (unpaired) electrons. The molecule has 0 heterocycles. The molecule has 0 aromatic carbocycles. The molecule has 0 amide bonds. The Kier molecular flexibility index (Phi) is 11.7. The minimum atomic E-state index is -0.560. The molecule has 0 fully saturated rings. The van der Waals surface area contributed by atoms with Gasteiger partial charge in [-0.1, -0.05) is 33.1 Å². The number of rotatable bonds is 11. The number of nitrogens with one attached hydrogen (secondary N) is 1. The summed E-state index contributed by atoms with van der Waals surface area (Å²) in [6.45, 7) is 7.59. The second-order valence-corrected chi connectivity index (χ2v) is 6.21. The van der Waals surface area contributed by atoms with Gasteiger partial charge in [0.05, 0.1) is 0 Å². The van der Waals surface area contributed by atoms with Crippen molar-refractivity contribution in [2.75, 3.05) is 18.1 Å². The fraction of sp³-hybridized carbons (Fsp3) is 1.00. The normalized spacial score (nSPS) is 14.9. The minimum Gasteiger partial charge on any atom is -0.315 e. The van der Waals surface area contributed by atoms with Crippen molar-refractivity contribution < 1.29 is 4.21 Å². The lowest BCUT2D eigenvalue weighted by Crippen LogP contribution is -2.25. The highest BCUT2D eigenvalue weighted by Gasteiger charge is 2.02. The maximum atomic E-state index is 11.6. The molecule has 0 aromatic heterocycles. The highest BCUT2D eigenvalue weighted by Crippen LogP contribution is 2.03. The van der Waals surface area contributed by atoms with Crippen LogP contribution in [0.15, 0.2) is 0 Å². The standard InChI is InChI=1S/C13H29NOS/c1-4-6-8-11-16(15)12-9-7-10-13(3)14-5-2/h13-14H,4-12H2,1-3H3. The van der Waals surface area contributed by atoms with E-state index in [2.05, 4.69) is 26.1 Å². The van der Waals surface area contributed by atoms with Crippen molar-refractivity contribution in [1.29, 1.82) is 0 Å². The van der Waals surface area contributed by atoms with Crippen molar-refractivity contribution in [2.45, 2.75) is 65.3 Å². The molecular formula is C13H29NOS. The van der Waals surface area contributed by atoms with Gasteiger partial charge in [0.25, 0.3) is 0 Å². The molecule has 0 aliphatic rings. The Balaban J connectivity index is 3.27. The van der Waals surface area contributed by atoms with Crippen LogP contribution >= 0.6 is 0 Å². The topological polar surface area (TPSA) is 29.1 Å². The summed E-state index contributed by atoms with van der Waals surface area (Å²) < 4.78 is 11.6. The fourth-order valence-electron chi connectivity index (χ4n) is 1.78. The number of unbranched alkanes of at least 4 members (excludes halogenated alkanes) is 3. The molecule has 2 nitrogen and oxygen atoms in total. The third-order valence-corrected chi connectivity index (χ3v) is 4.28. The first-order valence-corrected chi connectivity index (χ1v) is 8.27. The number of hydrogen-bond acceptors (Lipinski definition) is 2. The quantitative estimate of drug-likeness (QED) is 0.568. The van der Waals surface area contributed by atoms with Crippen LogP contribution in [0.2, 0.25) is 0 Å². The first kappa shape index (κ1) is 16.1. The minimum absolute atomic E-state index is 0.560. The SMILES string of the molecule is CCCCCS(=O)CCCCC(C)NCC. The Morgan fingerprint density at radius 3 is 2.25 bits per heavy atom. The van der Waals surface area contributed by atoms with E-state index in [9.17, 15) is 4.21 Å². The van der Waals surface area contributed by atoms with E-state index in [1.807, 2.05) is 0 Å². The van der Waals surface area contributed by atoms with Crippen LogP contribution in [0, 0.1) is 0 Å². The highest BCUT2D eigenvalue weighted by molar-refractivity contribution is 7.84. The molecule has 98 valence electrons. The van der Waals surface area contributed by atoms with Crippen LogP contribution in [-0.4, -0.2) is 28.3 Å². The summed E-state index contributed by atoms with van der Waals surface area (Å²) in [4.78, 5) is 0. The average molecular weight is 247 g/mol. The van der Waals surface area contributed by atoms with Gasteiger partial charge in [-0.2, -0.15) is 0 Å². The van der Waals surface area contributed by atoms with E-state index in [1.165, 1.54) is 25.7 Å². The molecule has 0 saturated carbocycles. The molecule has 0 aromatic rings. The molecule has 0 saturated heterocycles. The third-order valence-electron chi connectivity index (χ3n) is 2.79. The van der Waals surface area contributed by atoms with Gasteiger partial charge in [-0.05, 0) is 32.7 Å². The molecule has 16 heavy (non-hydrogen) atoms. The lowest BCUT2D eigenvalue weighted by Gasteiger charge is -2.11. The van der Waals surface area contributed by atoms with E-state index in [1.54, 1.807) is 0 Å². The molecule has 0 bridgehead atoms. The summed E-state index contributed by atoms with van der Waals surface area (Å²) in [5, 5.41) is 3.40. The predicted octanol–water partition coefficient (Wildman–Crippen LogP) is 3.09. The van der Waals surface area contributed by atoms with Gasteiger partial charge < -0.3 is 5.32 Å². The van der Waals surface area contributed by atoms with E-state index >= 15 is 0 Å². The first-order valence-electron chi connectivity index (χ1n) is 6.79. The first-order chi connectivity index (χ1) is 7.70. The highest BCUT2D eigenvalue weighted by atomic mass is 32.2. The van der Waals surface area contributed by atoms with Gasteiger partial charge in [0.15, 0.2) is 0 Å². The summed E-state index contributed by atoms with van der Waals surface area (Å²) in [6, 6.07) is 0.610. The zero-order valence-electron chi connectivity index (χ0n) is 11.3. The maximum Gasteiger partial charge on any atom is 0.0234 e. The molecule has 0 aliphatic heterocycles. The second kappa shape index (κ2) is 11.6. The summed E-state index contributed by atoms with van der Waals surface area (Å²) >= 11 is 0. The van der Waals surface area contributed by atoms with Gasteiger partial charge >= 0.3 is 0 Å². The fourth-order valence-corrected chi connectivity index (χ4v) is 3.04. The monoisotopic (exact) mass is 247 g/mol. The smallest absolute Gasteiger partial charge is 0.0234 e. The van der Waals surface area contributed by atoms with E-state index in [0.717, 1.165) is 30.9 Å². The van der Waals surface area contributed by atoms with Gasteiger partial charge in [0.2, 0.25) is 0 Å². The van der Waals surface area contributed by atoms with E-state index < -0.39 is 10.8 Å². The van der Waals surface area contributed by atoms with Crippen molar-refractivity contribution >= 4 is 10.8 Å². The van der Waals surface area contributed by atoms with Gasteiger partial charge in [0, 0.05) is 28.3 Å². The molecule has 0 spiro atoms. The summed E-state index contributed by atoms with van der Waals surface area (Å²) in [6.07, 6.45) is 7.11. The number of hydrogen-bond donors (Lipinski definition) is 1. The van der Waals surface area contributed by atoms with Crippen LogP contribution < -0.4 is 5.32 Å². The van der Waals surface area contributed by atoms with E-state index in [4.69, 9.17) is 0 Å². The molecule has 2 atom stereocenters. The summed E-state index contributed by atoms with van der Waals surface area (Å²) in [5.41, 5.74) is 0. The Morgan fingerprint density at radius 2 is 1.69 bits per heavy atom. The largest absolute Gasteiger partial charge is 0.315 e. The van der Waals surface area contributed by atoms with Gasteiger partial charge in [0.1, 0.15) is 0 Å². The molecule has 3 heteroatoms. The Labute approximate surface area is 104 Å². The van der Waals surface area contributed by atoms with Gasteiger partial charge in [-0.3, -0.25) is 4.21 Å². The average Bonchev–Trinajstić information content (AvgIpc) is 2.25. The van der Waals surface area contributed by atoms with Crippen LogP contribution in [0.25, 0.3) is 0 Å². The Bertz CT molecular complexity index is 173. The van der Waals surface area contributed by atoms with Crippen LogP contribution in [-0.2, 0) is 10.8 Å². The lowest BCUT2D eigenvalue weighted by molar-refractivity contribution is 0.509. The van der Waals surface area contributed by atoms with Crippen molar-refractivity contribution in [3.63, 3.8) is 0 Å². The Morgan fingerprint density at radius 1 is 1.06 bits per heavy atom. The summed E-state index contributed by atoms with van der Waals surface area (Å²) in [7, 11) is -0.560. The maximum absolute atomic E-state index is 11.6. The van der Waals surface area contributed by atoms with Crippen molar-refractivity contribution in [3.8, 4) is 0 Å². The molecule has 1 N–H and O–H groups in total. The molecule has 0 aliphatic carbocycles. The summed E-state index contributed by atoms with van der Waals surface area (Å²) in [5.74, 6) is 1.82. The van der Waals surface area contributed by atoms with Crippen molar-refractivity contribution in [2.24, 2.45) is 0 Å². The van der Waals surface area contributed by atoms with Crippen LogP contribution in [0.1, 0.15) is 59.3 Å². The zero-order chi connectivity index (χ0) is 12.2. The predicted molar refractivity (Wildman–Crippen MR) is 74.4 cm³/mol. The van der Waals surface area contributed by atoms with Gasteiger partial charge in [-0.15, -0.1) is 0 Å².